The van der Waals surface area contributed by atoms with Gasteiger partial charge < -0.3 is 10.1 Å². The molecule has 1 N–H and O–H groups in total. The lowest BCUT2D eigenvalue weighted by Gasteiger charge is -2.24. The van der Waals surface area contributed by atoms with E-state index in [-0.39, 0.29) is 11.8 Å². The average molecular weight is 335 g/mol. The highest BCUT2D eigenvalue weighted by atomic mass is 32.2. The van der Waals surface area contributed by atoms with Crippen LogP contribution in [0.2, 0.25) is 0 Å². The van der Waals surface area contributed by atoms with E-state index < -0.39 is 5.76 Å². The van der Waals surface area contributed by atoms with Crippen LogP contribution in [0.25, 0.3) is 0 Å². The predicted molar refractivity (Wildman–Crippen MR) is 86.1 cm³/mol. The van der Waals surface area contributed by atoms with Gasteiger partial charge in [0.25, 0.3) is 5.76 Å². The zero-order valence-electron chi connectivity index (χ0n) is 12.2. The van der Waals surface area contributed by atoms with E-state index in [2.05, 4.69) is 5.32 Å². The van der Waals surface area contributed by atoms with Crippen molar-refractivity contribution < 1.29 is 18.3 Å². The van der Waals surface area contributed by atoms with Gasteiger partial charge in [-0.1, -0.05) is 30.0 Å². The molecule has 3 nitrogen and oxygen atoms in total. The topological polar surface area (TPSA) is 38.3 Å². The van der Waals surface area contributed by atoms with Crippen molar-refractivity contribution in [3.05, 3.63) is 54.1 Å². The molecule has 0 fully saturated rings. The molecule has 0 saturated heterocycles. The van der Waals surface area contributed by atoms with Crippen LogP contribution >= 0.6 is 11.8 Å². The van der Waals surface area contributed by atoms with E-state index in [0.29, 0.717) is 35.4 Å². The van der Waals surface area contributed by atoms with Crippen molar-refractivity contribution in [1.82, 2.24) is 0 Å². The van der Waals surface area contributed by atoms with Gasteiger partial charge in [0, 0.05) is 10.6 Å². The fourth-order valence-electron chi connectivity index (χ4n) is 2.46. The number of fused-ring (bicyclic) bond motifs is 1. The highest BCUT2D eigenvalue weighted by molar-refractivity contribution is 7.99. The Morgan fingerprint density at radius 2 is 1.91 bits per heavy atom. The Bertz CT molecular complexity index is 691. The molecule has 0 saturated carbocycles. The summed E-state index contributed by atoms with van der Waals surface area (Å²) in [7, 11) is 0. The van der Waals surface area contributed by atoms with Crippen molar-refractivity contribution in [2.75, 3.05) is 11.9 Å². The van der Waals surface area contributed by atoms with E-state index in [1.54, 1.807) is 24.3 Å². The predicted octanol–water partition coefficient (Wildman–Crippen LogP) is 4.19. The summed E-state index contributed by atoms with van der Waals surface area (Å²) < 4.78 is 30.2. The molecule has 3 rings (SSSR count). The Balaban J connectivity index is 1.61. The number of carbonyl (C=O) groups excluding carboxylic acids is 1. The van der Waals surface area contributed by atoms with Crippen LogP contribution in [0.1, 0.15) is 5.56 Å². The van der Waals surface area contributed by atoms with Gasteiger partial charge in [-0.3, -0.25) is 4.79 Å². The van der Waals surface area contributed by atoms with E-state index in [9.17, 15) is 13.6 Å². The highest BCUT2D eigenvalue weighted by Gasteiger charge is 2.25. The molecule has 0 radical (unpaired) electrons. The van der Waals surface area contributed by atoms with Crippen LogP contribution in [-0.4, -0.2) is 18.3 Å². The standard InChI is InChI=1S/C17H15F2NO2S/c18-17(19)23-14-7-5-13(6-8-14)20-16(21)12-9-11-3-1-2-4-15(11)22-10-12/h1-8,12,17H,9-10H2,(H,20,21). The molecule has 1 unspecified atom stereocenters. The molecule has 2 aromatic rings. The van der Waals surface area contributed by atoms with E-state index in [4.69, 9.17) is 4.74 Å². The second-order valence-electron chi connectivity index (χ2n) is 5.21. The molecule has 1 aliphatic rings. The second kappa shape index (κ2) is 7.00. The Morgan fingerprint density at radius 1 is 1.17 bits per heavy atom. The number of halogens is 2. The van der Waals surface area contributed by atoms with Crippen molar-refractivity contribution >= 4 is 23.4 Å². The molecule has 0 aromatic heterocycles. The van der Waals surface area contributed by atoms with Crippen molar-refractivity contribution in [2.24, 2.45) is 5.92 Å². The Hall–Kier alpha value is -2.08. The fraction of sp³-hybridized carbons (Fsp3) is 0.235. The summed E-state index contributed by atoms with van der Waals surface area (Å²) in [5.74, 6) is -2.02. The van der Waals surface area contributed by atoms with Crippen LogP contribution in [0, 0.1) is 5.92 Å². The molecule has 1 aliphatic heterocycles. The number of thioether (sulfide) groups is 1. The van der Waals surface area contributed by atoms with Gasteiger partial charge in [-0.15, -0.1) is 0 Å². The number of anilines is 1. The molecule has 1 heterocycles. The van der Waals surface area contributed by atoms with Crippen LogP contribution in [0.3, 0.4) is 0 Å². The molecule has 0 bridgehead atoms. The normalized spacial score (nSPS) is 16.6. The molecule has 1 amide bonds. The van der Waals surface area contributed by atoms with Crippen LogP contribution in [-0.2, 0) is 11.2 Å². The van der Waals surface area contributed by atoms with E-state index in [1.807, 2.05) is 24.3 Å². The van der Waals surface area contributed by atoms with Gasteiger partial charge >= 0.3 is 0 Å². The largest absolute Gasteiger partial charge is 0.492 e. The van der Waals surface area contributed by atoms with Crippen LogP contribution in [0.5, 0.6) is 5.75 Å². The minimum absolute atomic E-state index is 0.131. The van der Waals surface area contributed by atoms with Crippen molar-refractivity contribution in [3.8, 4) is 5.75 Å². The number of hydrogen-bond acceptors (Lipinski definition) is 3. The number of carbonyl (C=O) groups is 1. The summed E-state index contributed by atoms with van der Waals surface area (Å²) in [6.07, 6.45) is 0.626. The highest BCUT2D eigenvalue weighted by Crippen LogP contribution is 2.28. The van der Waals surface area contributed by atoms with Crippen molar-refractivity contribution in [1.29, 1.82) is 0 Å². The third-order valence-corrected chi connectivity index (χ3v) is 4.32. The lowest BCUT2D eigenvalue weighted by molar-refractivity contribution is -0.121. The van der Waals surface area contributed by atoms with Crippen LogP contribution < -0.4 is 10.1 Å². The van der Waals surface area contributed by atoms with Crippen LogP contribution in [0.4, 0.5) is 14.5 Å². The van der Waals surface area contributed by atoms with Gasteiger partial charge in [-0.05, 0) is 42.3 Å². The monoisotopic (exact) mass is 335 g/mol. The number of hydrogen-bond donors (Lipinski definition) is 1. The third-order valence-electron chi connectivity index (χ3n) is 3.60. The van der Waals surface area contributed by atoms with E-state index in [1.165, 1.54) is 0 Å². The molecule has 1 atom stereocenters. The minimum atomic E-state index is -2.45. The van der Waals surface area contributed by atoms with Gasteiger partial charge in [-0.25, -0.2) is 0 Å². The lowest BCUT2D eigenvalue weighted by atomic mass is 9.96. The van der Waals surface area contributed by atoms with Gasteiger partial charge in [0.1, 0.15) is 12.4 Å². The molecular formula is C17H15F2NO2S. The summed E-state index contributed by atoms with van der Waals surface area (Å²) >= 11 is 0.480. The maximum atomic E-state index is 12.3. The summed E-state index contributed by atoms with van der Waals surface area (Å²) in [4.78, 5) is 12.8. The summed E-state index contributed by atoms with van der Waals surface area (Å²) in [6.45, 7) is 0.335. The van der Waals surface area contributed by atoms with Gasteiger partial charge in [0.05, 0.1) is 5.92 Å². The molecular weight excluding hydrogens is 320 g/mol. The number of ether oxygens (including phenoxy) is 1. The van der Waals surface area contributed by atoms with Crippen molar-refractivity contribution in [2.45, 2.75) is 17.1 Å². The number of rotatable bonds is 4. The number of nitrogens with one attached hydrogen (secondary N) is 1. The van der Waals surface area contributed by atoms with Gasteiger partial charge in [0.2, 0.25) is 5.91 Å². The maximum absolute atomic E-state index is 12.3. The smallest absolute Gasteiger partial charge is 0.288 e. The third kappa shape index (κ3) is 4.01. The fourth-order valence-corrected chi connectivity index (χ4v) is 2.96. The first kappa shape index (κ1) is 15.8. The first-order valence-corrected chi connectivity index (χ1v) is 8.06. The SMILES string of the molecule is O=C(Nc1ccc(SC(F)F)cc1)C1COc2ccccc2C1. The number of amides is 1. The van der Waals surface area contributed by atoms with Crippen molar-refractivity contribution in [3.63, 3.8) is 0 Å². The summed E-state index contributed by atoms with van der Waals surface area (Å²) in [6, 6.07) is 14.0. The number of para-hydroxylation sites is 1. The van der Waals surface area contributed by atoms with Crippen LogP contribution in [0.15, 0.2) is 53.4 Å². The molecule has 2 aromatic carbocycles. The van der Waals surface area contributed by atoms with E-state index in [0.717, 1.165) is 11.3 Å². The van der Waals surface area contributed by atoms with E-state index >= 15 is 0 Å². The molecule has 0 aliphatic carbocycles. The second-order valence-corrected chi connectivity index (χ2v) is 6.28. The number of benzene rings is 2. The quantitative estimate of drug-likeness (QED) is 0.852. The lowest BCUT2D eigenvalue weighted by Crippen LogP contribution is -2.32. The Kier molecular flexibility index (Phi) is 4.81. The van der Waals surface area contributed by atoms with Gasteiger partial charge in [0.15, 0.2) is 0 Å². The summed E-state index contributed by atoms with van der Waals surface area (Å²) in [5, 5.41) is 2.81. The Labute approximate surface area is 137 Å². The number of alkyl halides is 2. The first-order chi connectivity index (χ1) is 11.1. The summed E-state index contributed by atoms with van der Waals surface area (Å²) in [5.41, 5.74) is 1.61. The van der Waals surface area contributed by atoms with Gasteiger partial charge in [-0.2, -0.15) is 8.78 Å². The molecule has 23 heavy (non-hydrogen) atoms. The molecule has 120 valence electrons. The zero-order chi connectivity index (χ0) is 16.2. The molecule has 0 spiro atoms. The zero-order valence-corrected chi connectivity index (χ0v) is 13.0. The maximum Gasteiger partial charge on any atom is 0.288 e. The minimum Gasteiger partial charge on any atom is -0.492 e. The average Bonchev–Trinajstić information content (AvgIpc) is 2.55. The Morgan fingerprint density at radius 3 is 2.65 bits per heavy atom. The molecule has 6 heteroatoms. The first-order valence-electron chi connectivity index (χ1n) is 7.18.